The molecular weight excluding hydrogens is 411 g/mol. The van der Waals surface area contributed by atoms with Crippen LogP contribution in [0.25, 0.3) is 0 Å². The quantitative estimate of drug-likeness (QED) is 0.632. The molecule has 1 aliphatic rings. The lowest BCUT2D eigenvalue weighted by Crippen LogP contribution is -2.32. The molecule has 8 heteroatoms. The van der Waals surface area contributed by atoms with E-state index < -0.39 is 0 Å². The van der Waals surface area contributed by atoms with E-state index in [1.54, 1.807) is 36.7 Å². The first-order valence-electron chi connectivity index (χ1n) is 9.44. The van der Waals surface area contributed by atoms with Crippen molar-refractivity contribution in [2.75, 3.05) is 23.7 Å². The third-order valence-corrected chi connectivity index (χ3v) is 5.04. The molecular formula is C21H28Cl2N4O2. The molecule has 0 spiro atoms. The lowest BCUT2D eigenvalue weighted by molar-refractivity contribution is -0.117. The van der Waals surface area contributed by atoms with Gasteiger partial charge in [-0.2, -0.15) is 0 Å². The monoisotopic (exact) mass is 438 g/mol. The van der Waals surface area contributed by atoms with Crippen LogP contribution in [0.5, 0.6) is 0 Å². The maximum absolute atomic E-state index is 12.4. The van der Waals surface area contributed by atoms with E-state index in [9.17, 15) is 9.59 Å². The topological polar surface area (TPSA) is 83.1 Å². The Morgan fingerprint density at radius 3 is 2.34 bits per heavy atom. The molecule has 2 aromatic rings. The van der Waals surface area contributed by atoms with E-state index in [2.05, 4.69) is 27.9 Å². The normalized spacial score (nSPS) is 14.7. The van der Waals surface area contributed by atoms with E-state index in [1.807, 2.05) is 12.1 Å². The second-order valence-corrected chi connectivity index (χ2v) is 7.09. The minimum atomic E-state index is -0.208. The molecule has 3 N–H and O–H groups in total. The molecule has 0 aliphatic carbocycles. The Morgan fingerprint density at radius 2 is 1.69 bits per heavy atom. The maximum Gasteiger partial charge on any atom is 0.255 e. The van der Waals surface area contributed by atoms with Gasteiger partial charge < -0.3 is 16.0 Å². The number of benzene rings is 1. The molecule has 1 unspecified atom stereocenters. The van der Waals surface area contributed by atoms with E-state index in [-0.39, 0.29) is 36.6 Å². The van der Waals surface area contributed by atoms with Crippen molar-refractivity contribution >= 4 is 48.0 Å². The van der Waals surface area contributed by atoms with Crippen molar-refractivity contribution in [1.29, 1.82) is 0 Å². The molecule has 0 radical (unpaired) electrons. The van der Waals surface area contributed by atoms with Crippen LogP contribution in [0, 0.1) is 11.8 Å². The van der Waals surface area contributed by atoms with Gasteiger partial charge in [-0.15, -0.1) is 24.8 Å². The molecule has 1 atom stereocenters. The first-order valence-corrected chi connectivity index (χ1v) is 9.44. The summed E-state index contributed by atoms with van der Waals surface area (Å²) in [6, 6.07) is 10.5. The number of pyridine rings is 1. The van der Waals surface area contributed by atoms with Gasteiger partial charge in [-0.3, -0.25) is 14.6 Å². The number of piperidine rings is 1. The van der Waals surface area contributed by atoms with Gasteiger partial charge in [0.05, 0.1) is 0 Å². The van der Waals surface area contributed by atoms with Gasteiger partial charge in [0.25, 0.3) is 5.91 Å². The third-order valence-electron chi connectivity index (χ3n) is 5.04. The number of carbonyl (C=O) groups is 2. The average Bonchev–Trinajstić information content (AvgIpc) is 2.69. The maximum atomic E-state index is 12.4. The molecule has 1 aromatic carbocycles. The fourth-order valence-corrected chi connectivity index (χ4v) is 3.47. The summed E-state index contributed by atoms with van der Waals surface area (Å²) in [6.07, 6.45) is 5.93. The van der Waals surface area contributed by atoms with Crippen LogP contribution in [-0.2, 0) is 4.79 Å². The van der Waals surface area contributed by atoms with Crippen molar-refractivity contribution in [3.05, 3.63) is 54.4 Å². The Bertz CT molecular complexity index is 783. The summed E-state index contributed by atoms with van der Waals surface area (Å²) < 4.78 is 0. The van der Waals surface area contributed by atoms with Gasteiger partial charge >= 0.3 is 0 Å². The van der Waals surface area contributed by atoms with Gasteiger partial charge in [0.1, 0.15) is 0 Å². The third kappa shape index (κ3) is 7.65. The zero-order valence-corrected chi connectivity index (χ0v) is 18.0. The number of amides is 2. The van der Waals surface area contributed by atoms with Crippen molar-refractivity contribution in [2.45, 2.75) is 26.2 Å². The first-order chi connectivity index (χ1) is 13.1. The zero-order valence-electron chi connectivity index (χ0n) is 16.4. The highest BCUT2D eigenvalue weighted by Crippen LogP contribution is 2.25. The largest absolute Gasteiger partial charge is 0.326 e. The fraction of sp³-hybridized carbons (Fsp3) is 0.381. The highest BCUT2D eigenvalue weighted by atomic mass is 35.5. The van der Waals surface area contributed by atoms with Gasteiger partial charge in [0.2, 0.25) is 5.91 Å². The number of halogens is 2. The van der Waals surface area contributed by atoms with Crippen molar-refractivity contribution < 1.29 is 9.59 Å². The number of hydrogen-bond acceptors (Lipinski definition) is 4. The summed E-state index contributed by atoms with van der Waals surface area (Å²) in [5, 5.41) is 9.15. The van der Waals surface area contributed by atoms with Gasteiger partial charge in [-0.25, -0.2) is 0 Å². The van der Waals surface area contributed by atoms with E-state index in [0.717, 1.165) is 25.9 Å². The smallest absolute Gasteiger partial charge is 0.255 e. The molecule has 3 rings (SSSR count). The van der Waals surface area contributed by atoms with Crippen molar-refractivity contribution in [3.63, 3.8) is 0 Å². The molecule has 1 aromatic heterocycles. The Labute approximate surface area is 184 Å². The number of hydrogen-bond donors (Lipinski definition) is 3. The second-order valence-electron chi connectivity index (χ2n) is 7.09. The molecule has 1 fully saturated rings. The van der Waals surface area contributed by atoms with Crippen LogP contribution in [-0.4, -0.2) is 29.9 Å². The molecule has 2 amide bonds. The molecule has 0 bridgehead atoms. The number of nitrogens with one attached hydrogen (secondary N) is 3. The number of anilines is 2. The fourth-order valence-electron chi connectivity index (χ4n) is 3.47. The summed E-state index contributed by atoms with van der Waals surface area (Å²) in [4.78, 5) is 28.5. The van der Waals surface area contributed by atoms with Crippen LogP contribution < -0.4 is 16.0 Å². The minimum Gasteiger partial charge on any atom is -0.326 e. The average molecular weight is 439 g/mol. The molecule has 1 saturated heterocycles. The van der Waals surface area contributed by atoms with Crippen molar-refractivity contribution in [1.82, 2.24) is 10.3 Å². The number of carbonyl (C=O) groups excluding carboxylic acids is 2. The van der Waals surface area contributed by atoms with E-state index in [1.165, 1.54) is 0 Å². The van der Waals surface area contributed by atoms with Gasteiger partial charge in [0, 0.05) is 35.8 Å². The molecule has 158 valence electrons. The van der Waals surface area contributed by atoms with E-state index in [0.29, 0.717) is 35.2 Å². The highest BCUT2D eigenvalue weighted by molar-refractivity contribution is 6.04. The predicted octanol–water partition coefficient (Wildman–Crippen LogP) is 4.14. The molecule has 0 saturated carbocycles. The Kier molecular flexibility index (Phi) is 10.7. The van der Waals surface area contributed by atoms with Crippen molar-refractivity contribution in [2.24, 2.45) is 11.8 Å². The lowest BCUT2D eigenvalue weighted by Gasteiger charge is -2.27. The zero-order chi connectivity index (χ0) is 19.1. The summed E-state index contributed by atoms with van der Waals surface area (Å²) in [6.45, 7) is 4.23. The number of aromatic nitrogens is 1. The predicted molar refractivity (Wildman–Crippen MR) is 121 cm³/mol. The number of rotatable bonds is 6. The van der Waals surface area contributed by atoms with Gasteiger partial charge in [0.15, 0.2) is 0 Å². The van der Waals surface area contributed by atoms with E-state index >= 15 is 0 Å². The second kappa shape index (κ2) is 12.4. The summed E-state index contributed by atoms with van der Waals surface area (Å²) in [5.41, 5.74) is 1.86. The summed E-state index contributed by atoms with van der Waals surface area (Å²) >= 11 is 0. The lowest BCUT2D eigenvalue weighted by atomic mass is 9.84. The van der Waals surface area contributed by atoms with Crippen LogP contribution in [0.15, 0.2) is 48.8 Å². The van der Waals surface area contributed by atoms with Crippen LogP contribution in [0.4, 0.5) is 11.4 Å². The minimum absolute atomic E-state index is 0. The van der Waals surface area contributed by atoms with E-state index in [4.69, 9.17) is 0 Å². The molecule has 6 nitrogen and oxygen atoms in total. The van der Waals surface area contributed by atoms with Crippen LogP contribution in [0.1, 0.15) is 36.5 Å². The summed E-state index contributed by atoms with van der Waals surface area (Å²) in [5.74, 6) is 0.767. The van der Waals surface area contributed by atoms with Gasteiger partial charge in [-0.05, 0) is 68.1 Å². The SMILES string of the molecule is CC(CC(=O)Nc1cccc(NC(=O)c2ccncc2)c1)C1CCNCC1.Cl.Cl. The Morgan fingerprint density at radius 1 is 1.07 bits per heavy atom. The Balaban J connectivity index is 0.00000210. The molecule has 2 heterocycles. The number of nitrogens with zero attached hydrogens (tertiary/aromatic N) is 1. The van der Waals surface area contributed by atoms with Crippen molar-refractivity contribution in [3.8, 4) is 0 Å². The van der Waals surface area contributed by atoms with Crippen LogP contribution >= 0.6 is 24.8 Å². The molecule has 1 aliphatic heterocycles. The molecule has 29 heavy (non-hydrogen) atoms. The van der Waals surface area contributed by atoms with Crippen LogP contribution in [0.2, 0.25) is 0 Å². The first kappa shape index (κ1) is 24.9. The summed E-state index contributed by atoms with van der Waals surface area (Å²) in [7, 11) is 0. The standard InChI is InChI=1S/C21H26N4O2.2ClH/c1-15(16-5-9-22-10-6-16)13-20(26)24-18-3-2-4-19(14-18)25-21(27)17-7-11-23-12-8-17;;/h2-4,7-8,11-12,14-16,22H,5-6,9-10,13H2,1H3,(H,24,26)(H,25,27);2*1H. The van der Waals surface area contributed by atoms with Crippen LogP contribution in [0.3, 0.4) is 0 Å². The highest BCUT2D eigenvalue weighted by Gasteiger charge is 2.22. The Hall–Kier alpha value is -2.15. The van der Waals surface area contributed by atoms with Gasteiger partial charge in [-0.1, -0.05) is 13.0 Å².